The number of hydrogen-bond donors (Lipinski definition) is 0. The molecule has 1 heterocycles. The Kier molecular flexibility index (Phi) is 6.03. The van der Waals surface area contributed by atoms with Gasteiger partial charge in [0.1, 0.15) is 0 Å². The number of nitrogens with zero attached hydrogens (tertiary/aromatic N) is 4. The Morgan fingerprint density at radius 2 is 2.19 bits per heavy atom. The van der Waals surface area contributed by atoms with Gasteiger partial charge in [-0.25, -0.2) is 0 Å². The predicted molar refractivity (Wildman–Crippen MR) is 72.9 cm³/mol. The molecule has 1 aromatic carbocycles. The summed E-state index contributed by atoms with van der Waals surface area (Å²) in [7, 11) is 1.35. The first-order chi connectivity index (χ1) is 9.61. The average Bonchev–Trinajstić information content (AvgIpc) is 2.47. The topological polar surface area (TPSA) is 100 Å². The normalized spacial score (nSPS) is 9.57. The van der Waals surface area contributed by atoms with Gasteiger partial charge in [0.05, 0.1) is 17.7 Å². The molecule has 2 aromatic rings. The maximum Gasteiger partial charge on any atom is 1.00 e. The van der Waals surface area contributed by atoms with Crippen LogP contribution in [-0.2, 0) is 6.42 Å². The predicted octanol–water partition coefficient (Wildman–Crippen LogP) is -1.00. The van der Waals surface area contributed by atoms with Gasteiger partial charge in [-0.15, -0.1) is 0 Å². The van der Waals surface area contributed by atoms with Crippen LogP contribution in [0.15, 0.2) is 36.8 Å². The molecule has 0 fully saturated rings. The van der Waals surface area contributed by atoms with E-state index in [2.05, 4.69) is 9.97 Å². The Bertz CT molecular complexity index is 649. The molecule has 0 spiro atoms. The largest absolute Gasteiger partial charge is 1.00 e. The molecule has 0 saturated carbocycles. The SMILES string of the molecule is COc1ccc(C(=[N-])Cc2cnccn2)cc1[N+](=O)[O-].[Li+]. The Morgan fingerprint density at radius 1 is 1.43 bits per heavy atom. The molecule has 0 aliphatic rings. The van der Waals surface area contributed by atoms with Crippen LogP contribution in [0.5, 0.6) is 5.75 Å². The van der Waals surface area contributed by atoms with E-state index in [0.717, 1.165) is 0 Å². The molecule has 1 aromatic heterocycles. The molecule has 0 saturated heterocycles. The quantitative estimate of drug-likeness (QED) is 0.302. The first kappa shape index (κ1) is 16.8. The van der Waals surface area contributed by atoms with Crippen molar-refractivity contribution < 1.29 is 28.5 Å². The Labute approximate surface area is 133 Å². The van der Waals surface area contributed by atoms with E-state index in [1.165, 1.54) is 37.8 Å². The molecule has 0 aliphatic heterocycles. The zero-order valence-corrected chi connectivity index (χ0v) is 11.7. The van der Waals surface area contributed by atoms with Crippen LogP contribution in [-0.4, -0.2) is 27.7 Å². The summed E-state index contributed by atoms with van der Waals surface area (Å²) in [5, 5.41) is 21.0. The standard InChI is InChI=1S/C13H11N4O3.Li/c1-20-13-3-2-9(6-12(13)17(18)19)11(14)7-10-8-15-4-5-16-10;/h2-6,8H,7H2,1H3;/q-1;+1. The molecule has 0 amide bonds. The molecule has 0 bridgehead atoms. The van der Waals surface area contributed by atoms with E-state index in [1.54, 1.807) is 6.07 Å². The summed E-state index contributed by atoms with van der Waals surface area (Å²) in [5.74, 6) is 0.144. The Hall–Kier alpha value is -2.23. The van der Waals surface area contributed by atoms with E-state index in [0.29, 0.717) is 11.3 Å². The van der Waals surface area contributed by atoms with Gasteiger partial charge in [0.2, 0.25) is 0 Å². The van der Waals surface area contributed by atoms with Gasteiger partial charge in [0, 0.05) is 24.7 Å². The summed E-state index contributed by atoms with van der Waals surface area (Å²) in [4.78, 5) is 18.3. The number of hydrogen-bond acceptors (Lipinski definition) is 5. The van der Waals surface area contributed by atoms with Crippen molar-refractivity contribution >= 4 is 11.4 Å². The third kappa shape index (κ3) is 4.11. The minimum Gasteiger partial charge on any atom is -0.807 e. The fraction of sp³-hybridized carbons (Fsp3) is 0.154. The van der Waals surface area contributed by atoms with E-state index in [9.17, 15) is 15.5 Å². The molecule has 7 nitrogen and oxygen atoms in total. The molecular formula is C13H11LiN4O3. The van der Waals surface area contributed by atoms with Gasteiger partial charge in [-0.3, -0.25) is 20.1 Å². The van der Waals surface area contributed by atoms with Gasteiger partial charge in [-0.2, -0.15) is 5.71 Å². The fourth-order valence-electron chi connectivity index (χ4n) is 1.71. The summed E-state index contributed by atoms with van der Waals surface area (Å²) in [6, 6.07) is 4.27. The molecule has 8 heteroatoms. The fourth-order valence-corrected chi connectivity index (χ4v) is 1.71. The third-order valence-electron chi connectivity index (χ3n) is 2.67. The van der Waals surface area contributed by atoms with E-state index in [-0.39, 0.29) is 42.4 Å². The maximum absolute atomic E-state index is 10.9. The van der Waals surface area contributed by atoms with Crippen LogP contribution in [0.25, 0.3) is 5.41 Å². The van der Waals surface area contributed by atoms with Crippen LogP contribution < -0.4 is 23.6 Å². The van der Waals surface area contributed by atoms with Gasteiger partial charge < -0.3 is 10.1 Å². The molecule has 102 valence electrons. The number of rotatable bonds is 5. The summed E-state index contributed by atoms with van der Waals surface area (Å²) in [6.07, 6.45) is 4.71. The van der Waals surface area contributed by atoms with Crippen LogP contribution in [0.1, 0.15) is 11.3 Å². The second-order valence-corrected chi connectivity index (χ2v) is 3.96. The molecule has 0 N–H and O–H groups in total. The number of benzene rings is 1. The summed E-state index contributed by atoms with van der Waals surface area (Å²) >= 11 is 0. The molecule has 0 aliphatic carbocycles. The smallest absolute Gasteiger partial charge is 0.807 e. The van der Waals surface area contributed by atoms with E-state index in [1.807, 2.05) is 0 Å². The van der Waals surface area contributed by atoms with Crippen molar-refractivity contribution in [1.82, 2.24) is 9.97 Å². The third-order valence-corrected chi connectivity index (χ3v) is 2.67. The van der Waals surface area contributed by atoms with Crippen LogP contribution in [0.3, 0.4) is 0 Å². The first-order valence-electron chi connectivity index (χ1n) is 5.74. The molecule has 2 rings (SSSR count). The van der Waals surface area contributed by atoms with Gasteiger partial charge in [0.25, 0.3) is 0 Å². The van der Waals surface area contributed by atoms with Crippen molar-refractivity contribution in [3.05, 3.63) is 63.6 Å². The number of methoxy groups -OCH3 is 1. The molecule has 0 radical (unpaired) electrons. The number of nitro groups is 1. The van der Waals surface area contributed by atoms with Crippen molar-refractivity contribution in [2.24, 2.45) is 0 Å². The second-order valence-electron chi connectivity index (χ2n) is 3.96. The van der Waals surface area contributed by atoms with Gasteiger partial charge in [-0.1, -0.05) is 6.07 Å². The van der Waals surface area contributed by atoms with E-state index in [4.69, 9.17) is 4.74 Å². The minimum atomic E-state index is -0.558. The van der Waals surface area contributed by atoms with E-state index >= 15 is 0 Å². The Morgan fingerprint density at radius 3 is 2.76 bits per heavy atom. The number of ether oxygens (including phenoxy) is 1. The maximum atomic E-state index is 10.9. The summed E-state index contributed by atoms with van der Waals surface area (Å²) in [5.41, 5.74) is 0.707. The average molecular weight is 278 g/mol. The Balaban J connectivity index is 0.00000220. The summed E-state index contributed by atoms with van der Waals surface area (Å²) in [6.45, 7) is 0. The van der Waals surface area contributed by atoms with Crippen LogP contribution >= 0.6 is 0 Å². The monoisotopic (exact) mass is 278 g/mol. The zero-order valence-electron chi connectivity index (χ0n) is 11.7. The van der Waals surface area contributed by atoms with Gasteiger partial charge in [-0.05, 0) is 18.1 Å². The minimum absolute atomic E-state index is 0. The molecule has 0 atom stereocenters. The zero-order chi connectivity index (χ0) is 14.5. The molecular weight excluding hydrogens is 267 g/mol. The first-order valence-corrected chi connectivity index (χ1v) is 5.74. The molecule has 0 unspecified atom stereocenters. The molecule has 21 heavy (non-hydrogen) atoms. The number of aromatic nitrogens is 2. The van der Waals surface area contributed by atoms with Gasteiger partial charge in [0.15, 0.2) is 5.75 Å². The van der Waals surface area contributed by atoms with E-state index < -0.39 is 4.92 Å². The van der Waals surface area contributed by atoms with Crippen molar-refractivity contribution in [3.63, 3.8) is 0 Å². The summed E-state index contributed by atoms with van der Waals surface area (Å²) < 4.78 is 4.90. The van der Waals surface area contributed by atoms with Crippen molar-refractivity contribution in [1.29, 1.82) is 0 Å². The second kappa shape index (κ2) is 7.52. The number of nitro benzene ring substituents is 1. The van der Waals surface area contributed by atoms with Gasteiger partial charge >= 0.3 is 24.5 Å². The van der Waals surface area contributed by atoms with Crippen LogP contribution in [0, 0.1) is 10.1 Å². The van der Waals surface area contributed by atoms with Crippen LogP contribution in [0.2, 0.25) is 0 Å². The van der Waals surface area contributed by atoms with Crippen molar-refractivity contribution in [2.75, 3.05) is 7.11 Å². The van der Waals surface area contributed by atoms with Crippen molar-refractivity contribution in [3.8, 4) is 5.75 Å². The van der Waals surface area contributed by atoms with Crippen molar-refractivity contribution in [2.45, 2.75) is 6.42 Å². The van der Waals surface area contributed by atoms with Crippen LogP contribution in [0.4, 0.5) is 5.69 Å².